The molecule has 0 aliphatic heterocycles. The number of benzene rings is 2. The van der Waals surface area contributed by atoms with Crippen molar-refractivity contribution < 1.29 is 19.1 Å². The number of esters is 1. The quantitative estimate of drug-likeness (QED) is 0.565. The lowest BCUT2D eigenvalue weighted by atomic mass is 10.1. The average molecular weight is 423 g/mol. The van der Waals surface area contributed by atoms with Crippen molar-refractivity contribution in [2.45, 2.75) is 19.9 Å². The first kappa shape index (κ1) is 21.3. The smallest absolute Gasteiger partial charge is 0.340 e. The van der Waals surface area contributed by atoms with Crippen LogP contribution in [-0.4, -0.2) is 30.4 Å². The van der Waals surface area contributed by atoms with E-state index in [4.69, 9.17) is 4.74 Å². The highest BCUT2D eigenvalue weighted by Crippen LogP contribution is 2.20. The van der Waals surface area contributed by atoms with Crippen LogP contribution in [0.2, 0.25) is 0 Å². The van der Waals surface area contributed by atoms with E-state index >= 15 is 0 Å². The number of amides is 2. The molecule has 0 aliphatic rings. The number of anilines is 2. The van der Waals surface area contributed by atoms with Crippen molar-refractivity contribution in [2.75, 3.05) is 16.8 Å². The zero-order valence-corrected chi connectivity index (χ0v) is 17.5. The largest absolute Gasteiger partial charge is 0.452 e. The number of para-hydroxylation sites is 2. The molecular formula is C23H22N2O4S. The Balaban J connectivity index is 1.69. The number of carbonyl (C=O) groups is 3. The molecule has 1 aromatic heterocycles. The van der Waals surface area contributed by atoms with Crippen molar-refractivity contribution in [3.63, 3.8) is 0 Å². The van der Waals surface area contributed by atoms with E-state index in [9.17, 15) is 14.4 Å². The van der Waals surface area contributed by atoms with Gasteiger partial charge in [0.05, 0.1) is 16.8 Å². The van der Waals surface area contributed by atoms with Crippen molar-refractivity contribution >= 4 is 40.5 Å². The molecule has 0 fully saturated rings. The monoisotopic (exact) mass is 422 g/mol. The minimum Gasteiger partial charge on any atom is -0.452 e. The second-order valence-corrected chi connectivity index (χ2v) is 7.56. The van der Waals surface area contributed by atoms with Gasteiger partial charge in [-0.25, -0.2) is 4.79 Å². The molecular weight excluding hydrogens is 400 g/mol. The van der Waals surface area contributed by atoms with Crippen LogP contribution in [0.25, 0.3) is 0 Å². The molecule has 1 N–H and O–H groups in total. The van der Waals surface area contributed by atoms with Gasteiger partial charge in [-0.2, -0.15) is 11.3 Å². The topological polar surface area (TPSA) is 75.7 Å². The molecule has 2 amide bonds. The van der Waals surface area contributed by atoms with Gasteiger partial charge in [0.2, 0.25) is 0 Å². The highest BCUT2D eigenvalue weighted by molar-refractivity contribution is 7.08. The van der Waals surface area contributed by atoms with E-state index in [1.54, 1.807) is 46.0 Å². The summed E-state index contributed by atoms with van der Waals surface area (Å²) in [6, 6.07) is 17.4. The second-order valence-electron chi connectivity index (χ2n) is 6.78. The summed E-state index contributed by atoms with van der Waals surface area (Å²) in [6.45, 7) is 3.38. The third kappa shape index (κ3) is 5.12. The first-order valence-corrected chi connectivity index (χ1v) is 10.4. The number of hydrogen-bond acceptors (Lipinski definition) is 5. The third-order valence-electron chi connectivity index (χ3n) is 4.32. The van der Waals surface area contributed by atoms with Crippen LogP contribution in [0.1, 0.15) is 34.6 Å². The zero-order valence-electron chi connectivity index (χ0n) is 16.7. The zero-order chi connectivity index (χ0) is 21.5. The summed E-state index contributed by atoms with van der Waals surface area (Å²) < 4.78 is 5.28. The van der Waals surface area contributed by atoms with Gasteiger partial charge in [-0.3, -0.25) is 9.59 Å². The van der Waals surface area contributed by atoms with Gasteiger partial charge in [-0.15, -0.1) is 0 Å². The van der Waals surface area contributed by atoms with Gasteiger partial charge in [0.1, 0.15) is 0 Å². The van der Waals surface area contributed by atoms with Crippen LogP contribution in [0.15, 0.2) is 71.4 Å². The molecule has 30 heavy (non-hydrogen) atoms. The maximum absolute atomic E-state index is 12.7. The highest BCUT2D eigenvalue weighted by Gasteiger charge is 2.22. The van der Waals surface area contributed by atoms with Crippen LogP contribution in [0.5, 0.6) is 0 Å². The van der Waals surface area contributed by atoms with Gasteiger partial charge >= 0.3 is 5.97 Å². The van der Waals surface area contributed by atoms with Crippen molar-refractivity contribution in [2.24, 2.45) is 0 Å². The Morgan fingerprint density at radius 3 is 2.37 bits per heavy atom. The maximum atomic E-state index is 12.7. The molecule has 0 saturated carbocycles. The molecule has 0 radical (unpaired) electrons. The summed E-state index contributed by atoms with van der Waals surface area (Å²) in [5.74, 6) is -1.33. The molecule has 6 nitrogen and oxygen atoms in total. The minimum atomic E-state index is -0.679. The molecule has 2 aromatic carbocycles. The molecule has 0 aliphatic carbocycles. The number of nitrogens with zero attached hydrogens (tertiary/aromatic N) is 1. The predicted octanol–water partition coefficient (Wildman–Crippen LogP) is 4.60. The van der Waals surface area contributed by atoms with E-state index in [0.717, 1.165) is 5.69 Å². The maximum Gasteiger partial charge on any atom is 0.340 e. The summed E-state index contributed by atoms with van der Waals surface area (Å²) >= 11 is 1.41. The van der Waals surface area contributed by atoms with E-state index < -0.39 is 12.6 Å². The van der Waals surface area contributed by atoms with Crippen molar-refractivity contribution in [1.29, 1.82) is 0 Å². The SMILES string of the molecule is CC(C)N(C(=O)COC(=O)c1ccccc1NC(=O)c1ccsc1)c1ccccc1. The number of nitrogens with one attached hydrogen (secondary N) is 1. The summed E-state index contributed by atoms with van der Waals surface area (Å²) in [5.41, 5.74) is 1.75. The summed E-state index contributed by atoms with van der Waals surface area (Å²) in [6.07, 6.45) is 0. The molecule has 0 bridgehead atoms. The number of thiophene rings is 1. The number of ether oxygens (including phenoxy) is 1. The molecule has 1 heterocycles. The molecule has 0 spiro atoms. The van der Waals surface area contributed by atoms with Crippen molar-refractivity contribution in [3.8, 4) is 0 Å². The fourth-order valence-corrected chi connectivity index (χ4v) is 3.59. The lowest BCUT2D eigenvalue weighted by Gasteiger charge is -2.26. The Hall–Kier alpha value is -3.45. The Bertz CT molecular complexity index is 1020. The van der Waals surface area contributed by atoms with E-state index in [0.29, 0.717) is 11.3 Å². The van der Waals surface area contributed by atoms with Crippen LogP contribution >= 0.6 is 11.3 Å². The number of rotatable bonds is 7. The molecule has 3 rings (SSSR count). The van der Waals surface area contributed by atoms with Gasteiger partial charge in [0, 0.05) is 17.1 Å². The molecule has 0 unspecified atom stereocenters. The van der Waals surface area contributed by atoms with Gasteiger partial charge < -0.3 is 15.0 Å². The third-order valence-corrected chi connectivity index (χ3v) is 5.01. The first-order chi connectivity index (χ1) is 14.5. The molecule has 7 heteroatoms. The van der Waals surface area contributed by atoms with Crippen LogP contribution < -0.4 is 10.2 Å². The summed E-state index contributed by atoms with van der Waals surface area (Å²) in [7, 11) is 0. The van der Waals surface area contributed by atoms with Crippen LogP contribution in [0.3, 0.4) is 0 Å². The van der Waals surface area contributed by atoms with Crippen LogP contribution in [-0.2, 0) is 9.53 Å². The highest BCUT2D eigenvalue weighted by atomic mass is 32.1. The molecule has 3 aromatic rings. The molecule has 0 saturated heterocycles. The Kier molecular flexibility index (Phi) is 6.98. The van der Waals surface area contributed by atoms with Crippen LogP contribution in [0.4, 0.5) is 11.4 Å². The standard InChI is InChI=1S/C23H22N2O4S/c1-16(2)25(18-8-4-3-5-9-18)21(26)14-29-23(28)19-10-6-7-11-20(19)24-22(27)17-12-13-30-15-17/h3-13,15-16H,14H2,1-2H3,(H,24,27). The van der Waals surface area contributed by atoms with E-state index in [1.165, 1.54) is 11.3 Å². The Labute approximate surface area is 179 Å². The summed E-state index contributed by atoms with van der Waals surface area (Å²) in [4.78, 5) is 39.2. The molecule has 154 valence electrons. The van der Waals surface area contributed by atoms with Crippen molar-refractivity contribution in [1.82, 2.24) is 0 Å². The average Bonchev–Trinajstić information content (AvgIpc) is 3.28. The Morgan fingerprint density at radius 2 is 1.70 bits per heavy atom. The van der Waals surface area contributed by atoms with Gasteiger partial charge in [-0.1, -0.05) is 30.3 Å². The van der Waals surface area contributed by atoms with Gasteiger partial charge in [-0.05, 0) is 49.6 Å². The van der Waals surface area contributed by atoms with Gasteiger partial charge in [0.15, 0.2) is 6.61 Å². The van der Waals surface area contributed by atoms with Gasteiger partial charge in [0.25, 0.3) is 11.8 Å². The lowest BCUT2D eigenvalue weighted by Crippen LogP contribution is -2.39. The number of hydrogen-bond donors (Lipinski definition) is 1. The van der Waals surface area contributed by atoms with Crippen molar-refractivity contribution in [3.05, 3.63) is 82.6 Å². The van der Waals surface area contributed by atoms with E-state index in [-0.39, 0.29) is 23.4 Å². The fraction of sp³-hybridized carbons (Fsp3) is 0.174. The second kappa shape index (κ2) is 9.84. The predicted molar refractivity (Wildman–Crippen MR) is 118 cm³/mol. The van der Waals surface area contributed by atoms with E-state index in [1.807, 2.05) is 44.2 Å². The van der Waals surface area contributed by atoms with Crippen LogP contribution in [0, 0.1) is 0 Å². The number of carbonyl (C=O) groups excluding carboxylic acids is 3. The Morgan fingerprint density at radius 1 is 1.00 bits per heavy atom. The minimum absolute atomic E-state index is 0.101. The molecule has 0 atom stereocenters. The first-order valence-electron chi connectivity index (χ1n) is 9.44. The fourth-order valence-electron chi connectivity index (χ4n) is 2.95. The normalized spacial score (nSPS) is 10.5. The lowest BCUT2D eigenvalue weighted by molar-refractivity contribution is -0.122. The van der Waals surface area contributed by atoms with E-state index in [2.05, 4.69) is 5.32 Å². The summed E-state index contributed by atoms with van der Waals surface area (Å²) in [5, 5.41) is 6.24.